The molecule has 0 rings (SSSR count). The van der Waals surface area contributed by atoms with Crippen molar-refractivity contribution >= 4 is 20.2 Å². The Morgan fingerprint density at radius 2 is 1.08 bits per heavy atom. The molecule has 25 heavy (non-hydrogen) atoms. The van der Waals surface area contributed by atoms with Crippen LogP contribution in [-0.4, -0.2) is 51.4 Å². The summed E-state index contributed by atoms with van der Waals surface area (Å²) in [6, 6.07) is 0. The Labute approximate surface area is 141 Å². The standard InChI is InChI=1S/C11H18F6O6S2/c1-7(23-25(20,21)9(4,5)11(15,16)17)6-22-24(18,19)8(2,3)10(12,13)14/h7H,6H2,1-5H3. The highest BCUT2D eigenvalue weighted by Crippen LogP contribution is 2.39. The molecule has 152 valence electrons. The molecule has 0 aromatic rings. The second-order valence-corrected chi connectivity index (χ2v) is 10.4. The van der Waals surface area contributed by atoms with E-state index in [-0.39, 0.29) is 0 Å². The van der Waals surface area contributed by atoms with E-state index in [2.05, 4.69) is 8.37 Å². The predicted octanol–water partition coefficient (Wildman–Crippen LogP) is 2.75. The van der Waals surface area contributed by atoms with Crippen molar-refractivity contribution in [1.29, 1.82) is 0 Å². The normalized spacial score (nSPS) is 16.8. The summed E-state index contributed by atoms with van der Waals surface area (Å²) in [5, 5.41) is 0. The first-order valence-corrected chi connectivity index (χ1v) is 9.37. The highest BCUT2D eigenvalue weighted by atomic mass is 32.2. The van der Waals surface area contributed by atoms with Crippen LogP contribution >= 0.6 is 0 Å². The molecule has 0 aromatic carbocycles. The van der Waals surface area contributed by atoms with Gasteiger partial charge in [0.1, 0.15) is 0 Å². The zero-order chi connectivity index (χ0) is 20.7. The van der Waals surface area contributed by atoms with Crippen molar-refractivity contribution in [2.24, 2.45) is 0 Å². The van der Waals surface area contributed by atoms with E-state index in [0.717, 1.165) is 6.92 Å². The maximum atomic E-state index is 12.7. The van der Waals surface area contributed by atoms with Crippen LogP contribution in [-0.2, 0) is 28.6 Å². The first kappa shape index (κ1) is 24.4. The van der Waals surface area contributed by atoms with Crippen molar-refractivity contribution in [2.45, 2.75) is 62.6 Å². The van der Waals surface area contributed by atoms with Crippen molar-refractivity contribution in [1.82, 2.24) is 0 Å². The van der Waals surface area contributed by atoms with Gasteiger partial charge in [-0.2, -0.15) is 43.2 Å². The number of alkyl halides is 6. The van der Waals surface area contributed by atoms with Gasteiger partial charge < -0.3 is 0 Å². The van der Waals surface area contributed by atoms with Crippen molar-refractivity contribution < 1.29 is 51.5 Å². The van der Waals surface area contributed by atoms with E-state index in [1.807, 2.05) is 0 Å². The molecule has 6 nitrogen and oxygen atoms in total. The summed E-state index contributed by atoms with van der Waals surface area (Å²) >= 11 is 0. The highest BCUT2D eigenvalue weighted by molar-refractivity contribution is 7.88. The zero-order valence-electron chi connectivity index (χ0n) is 13.8. The lowest BCUT2D eigenvalue weighted by atomic mass is 10.2. The van der Waals surface area contributed by atoms with Crippen molar-refractivity contribution in [2.75, 3.05) is 6.61 Å². The Morgan fingerprint density at radius 1 is 0.760 bits per heavy atom. The number of rotatable bonds is 7. The van der Waals surface area contributed by atoms with Gasteiger partial charge in [-0.15, -0.1) is 0 Å². The molecule has 0 saturated carbocycles. The SMILES string of the molecule is CC(COS(=O)(=O)C(C)(C)C(F)(F)F)OS(=O)(=O)C(C)(C)C(F)(F)F. The summed E-state index contributed by atoms with van der Waals surface area (Å²) in [6.07, 6.45) is -12.2. The van der Waals surface area contributed by atoms with Gasteiger partial charge in [-0.05, 0) is 34.6 Å². The third-order valence-electron chi connectivity index (χ3n) is 3.36. The summed E-state index contributed by atoms with van der Waals surface area (Å²) in [4.78, 5) is 0. The minimum atomic E-state index is -5.27. The van der Waals surface area contributed by atoms with Crippen LogP contribution in [0.5, 0.6) is 0 Å². The first-order chi connectivity index (χ1) is 10.6. The molecule has 0 aliphatic heterocycles. The fourth-order valence-corrected chi connectivity index (χ4v) is 2.94. The summed E-state index contributed by atoms with van der Waals surface area (Å²) in [5.41, 5.74) is 0. The summed E-state index contributed by atoms with van der Waals surface area (Å²) in [5.74, 6) is 0. The zero-order valence-corrected chi connectivity index (χ0v) is 15.5. The van der Waals surface area contributed by atoms with Gasteiger partial charge in [0.15, 0.2) is 9.49 Å². The molecule has 14 heteroatoms. The molecule has 0 N–H and O–H groups in total. The Bertz CT molecular complexity index is 675. The first-order valence-electron chi connectivity index (χ1n) is 6.55. The van der Waals surface area contributed by atoms with Crippen LogP contribution < -0.4 is 0 Å². The molecule has 0 saturated heterocycles. The van der Waals surface area contributed by atoms with Gasteiger partial charge in [-0.25, -0.2) is 0 Å². The van der Waals surface area contributed by atoms with Crippen LogP contribution in [0.4, 0.5) is 26.3 Å². The van der Waals surface area contributed by atoms with Crippen LogP contribution in [0.15, 0.2) is 0 Å². The molecule has 1 unspecified atom stereocenters. The molecular formula is C11H18F6O6S2. The Hall–Kier alpha value is -0.600. The van der Waals surface area contributed by atoms with Crippen molar-refractivity contribution in [3.8, 4) is 0 Å². The molecule has 0 amide bonds. The molecule has 0 aliphatic rings. The molecule has 0 radical (unpaired) electrons. The van der Waals surface area contributed by atoms with E-state index in [1.54, 1.807) is 0 Å². The summed E-state index contributed by atoms with van der Waals surface area (Å²) in [6.45, 7) is 0.878. The maximum Gasteiger partial charge on any atom is 0.409 e. The minimum Gasteiger partial charge on any atom is -0.267 e. The monoisotopic (exact) mass is 424 g/mol. The number of hydrogen-bond acceptors (Lipinski definition) is 6. The molecule has 0 fully saturated rings. The van der Waals surface area contributed by atoms with Gasteiger partial charge >= 0.3 is 12.4 Å². The molecule has 1 atom stereocenters. The van der Waals surface area contributed by atoms with E-state index in [0.29, 0.717) is 27.7 Å². The van der Waals surface area contributed by atoms with Crippen molar-refractivity contribution in [3.05, 3.63) is 0 Å². The van der Waals surface area contributed by atoms with Gasteiger partial charge in [0.2, 0.25) is 0 Å². The Balaban J connectivity index is 5.21. The lowest BCUT2D eigenvalue weighted by molar-refractivity contribution is -0.156. The van der Waals surface area contributed by atoms with E-state index < -0.39 is 54.8 Å². The molecule has 0 spiro atoms. The van der Waals surface area contributed by atoms with Gasteiger partial charge in [-0.1, -0.05) is 0 Å². The molecule has 0 heterocycles. The lowest BCUT2D eigenvalue weighted by Gasteiger charge is -2.29. The summed E-state index contributed by atoms with van der Waals surface area (Å²) in [7, 11) is -10.5. The van der Waals surface area contributed by atoms with E-state index >= 15 is 0 Å². The second-order valence-electron chi connectivity index (χ2n) is 6.12. The fourth-order valence-electron chi connectivity index (χ4n) is 0.980. The van der Waals surface area contributed by atoms with Crippen LogP contribution in [0.25, 0.3) is 0 Å². The molecular weight excluding hydrogens is 406 g/mol. The largest absolute Gasteiger partial charge is 0.409 e. The Kier molecular flexibility index (Phi) is 6.69. The molecule has 0 bridgehead atoms. The quantitative estimate of drug-likeness (QED) is 0.462. The average Bonchev–Trinajstić information content (AvgIpc) is 2.32. The van der Waals surface area contributed by atoms with Crippen LogP contribution in [0.3, 0.4) is 0 Å². The predicted molar refractivity (Wildman–Crippen MR) is 74.6 cm³/mol. The second kappa shape index (κ2) is 6.85. The van der Waals surface area contributed by atoms with Crippen molar-refractivity contribution in [3.63, 3.8) is 0 Å². The van der Waals surface area contributed by atoms with Crippen LogP contribution in [0.2, 0.25) is 0 Å². The number of hydrogen-bond donors (Lipinski definition) is 0. The van der Waals surface area contributed by atoms with E-state index in [4.69, 9.17) is 0 Å². The van der Waals surface area contributed by atoms with E-state index in [1.165, 1.54) is 0 Å². The molecule has 0 aliphatic carbocycles. The third-order valence-corrected chi connectivity index (χ3v) is 7.36. The number of halogens is 6. The minimum absolute atomic E-state index is 0.317. The van der Waals surface area contributed by atoms with Gasteiger partial charge in [0, 0.05) is 0 Å². The summed E-state index contributed by atoms with van der Waals surface area (Å²) < 4.78 is 124. The molecule has 0 aromatic heterocycles. The fraction of sp³-hybridized carbons (Fsp3) is 1.00. The van der Waals surface area contributed by atoms with Gasteiger partial charge in [0.05, 0.1) is 12.7 Å². The van der Waals surface area contributed by atoms with Crippen LogP contribution in [0.1, 0.15) is 34.6 Å². The van der Waals surface area contributed by atoms with Gasteiger partial charge in [-0.3, -0.25) is 8.37 Å². The Morgan fingerprint density at radius 3 is 1.40 bits per heavy atom. The highest BCUT2D eigenvalue weighted by Gasteiger charge is 2.59. The van der Waals surface area contributed by atoms with Crippen LogP contribution in [0, 0.1) is 0 Å². The average molecular weight is 424 g/mol. The third kappa shape index (κ3) is 4.98. The maximum absolute atomic E-state index is 12.7. The lowest BCUT2D eigenvalue weighted by Crippen LogP contribution is -2.49. The topological polar surface area (TPSA) is 86.7 Å². The van der Waals surface area contributed by atoms with Gasteiger partial charge in [0.25, 0.3) is 20.2 Å². The smallest absolute Gasteiger partial charge is 0.267 e. The van der Waals surface area contributed by atoms with E-state index in [9.17, 15) is 43.2 Å².